The molecule has 0 aliphatic rings. The topological polar surface area (TPSA) is 91.3 Å². The number of phenols is 1. The number of anilines is 1. The molecule has 6 nitrogen and oxygen atoms in total. The lowest BCUT2D eigenvalue weighted by atomic mass is 10.1. The van der Waals surface area contributed by atoms with Gasteiger partial charge in [-0.05, 0) is 48.0 Å². The highest BCUT2D eigenvalue weighted by Crippen LogP contribution is 2.14. The molecule has 0 aliphatic carbocycles. The summed E-state index contributed by atoms with van der Waals surface area (Å²) in [4.78, 5) is 29.1. The molecule has 28 heavy (non-hydrogen) atoms. The number of hydrogen-bond acceptors (Lipinski definition) is 4. The summed E-state index contributed by atoms with van der Waals surface area (Å²) in [6, 6.07) is 16.5. The van der Waals surface area contributed by atoms with Crippen molar-refractivity contribution in [2.75, 3.05) is 5.32 Å². The highest BCUT2D eigenvalue weighted by atomic mass is 19.1. The summed E-state index contributed by atoms with van der Waals surface area (Å²) >= 11 is 0. The molecule has 0 atom stereocenters. The predicted octanol–water partition coefficient (Wildman–Crippen LogP) is 3.34. The van der Waals surface area contributed by atoms with E-state index in [4.69, 9.17) is 0 Å². The molecule has 3 N–H and O–H groups in total. The Bertz CT molecular complexity index is 1020. The van der Waals surface area contributed by atoms with Crippen molar-refractivity contribution < 1.29 is 19.1 Å². The molecule has 1 heterocycles. The minimum absolute atomic E-state index is 0.0621. The number of aromatic hydroxyl groups is 1. The number of aromatic nitrogens is 1. The number of nitrogens with one attached hydrogen (secondary N) is 2. The van der Waals surface area contributed by atoms with Crippen molar-refractivity contribution >= 4 is 23.7 Å². The van der Waals surface area contributed by atoms with Gasteiger partial charge in [-0.3, -0.25) is 9.59 Å². The number of halogens is 1. The van der Waals surface area contributed by atoms with Crippen LogP contribution in [0.4, 0.5) is 10.2 Å². The summed E-state index contributed by atoms with van der Waals surface area (Å²) in [5, 5.41) is 14.4. The number of amides is 2. The van der Waals surface area contributed by atoms with E-state index in [0.717, 1.165) is 6.07 Å². The van der Waals surface area contributed by atoms with Crippen LogP contribution in [0.15, 0.2) is 78.6 Å². The zero-order valence-corrected chi connectivity index (χ0v) is 14.6. The van der Waals surface area contributed by atoms with Gasteiger partial charge in [0.2, 0.25) is 0 Å². The minimum atomic E-state index is -0.765. The highest BCUT2D eigenvalue weighted by molar-refractivity contribution is 6.10. The first-order chi connectivity index (χ1) is 13.5. The first kappa shape index (κ1) is 18.8. The van der Waals surface area contributed by atoms with E-state index in [9.17, 15) is 19.1 Å². The largest absolute Gasteiger partial charge is 0.508 e. The number of benzene rings is 2. The maximum atomic E-state index is 13.9. The molecule has 2 amide bonds. The summed E-state index contributed by atoms with van der Waals surface area (Å²) in [6.45, 7) is 0. The van der Waals surface area contributed by atoms with E-state index >= 15 is 0 Å². The van der Waals surface area contributed by atoms with Gasteiger partial charge in [0.1, 0.15) is 23.1 Å². The number of phenolic OH excluding ortho intramolecular Hbond substituents is 1. The van der Waals surface area contributed by atoms with Crippen LogP contribution < -0.4 is 10.6 Å². The molecule has 0 unspecified atom stereocenters. The Morgan fingerprint density at radius 2 is 1.68 bits per heavy atom. The fourth-order valence-electron chi connectivity index (χ4n) is 2.35. The summed E-state index contributed by atoms with van der Waals surface area (Å²) in [6.07, 6.45) is 2.92. The molecule has 140 valence electrons. The number of rotatable bonds is 5. The van der Waals surface area contributed by atoms with Gasteiger partial charge in [-0.25, -0.2) is 9.37 Å². The lowest BCUT2D eigenvalue weighted by Gasteiger charge is -2.11. The van der Waals surface area contributed by atoms with Crippen LogP contribution in [0.2, 0.25) is 0 Å². The van der Waals surface area contributed by atoms with Crippen LogP contribution in [0.5, 0.6) is 5.75 Å². The van der Waals surface area contributed by atoms with E-state index in [1.807, 2.05) is 0 Å². The molecule has 0 radical (unpaired) electrons. The Morgan fingerprint density at radius 3 is 2.36 bits per heavy atom. The second kappa shape index (κ2) is 8.59. The highest BCUT2D eigenvalue weighted by Gasteiger charge is 2.17. The Morgan fingerprint density at radius 1 is 0.964 bits per heavy atom. The third-order valence-corrected chi connectivity index (χ3v) is 3.72. The number of carbonyl (C=O) groups excluding carboxylic acids is 2. The predicted molar refractivity (Wildman–Crippen MR) is 103 cm³/mol. The minimum Gasteiger partial charge on any atom is -0.508 e. The molecule has 3 aromatic rings. The molecule has 0 bridgehead atoms. The maximum Gasteiger partial charge on any atom is 0.273 e. The van der Waals surface area contributed by atoms with Crippen LogP contribution in [0.1, 0.15) is 15.9 Å². The first-order valence-electron chi connectivity index (χ1n) is 8.32. The number of hydrogen-bond donors (Lipinski definition) is 3. The van der Waals surface area contributed by atoms with Crippen molar-refractivity contribution in [3.05, 3.63) is 95.6 Å². The molecule has 0 saturated carbocycles. The van der Waals surface area contributed by atoms with Gasteiger partial charge in [-0.15, -0.1) is 0 Å². The SMILES string of the molecule is O=C(Nc1ccccn1)/C(=C/c1ccc(O)cc1)NC(=O)c1ccccc1F. The Hall–Kier alpha value is -4.00. The molecule has 0 fully saturated rings. The van der Waals surface area contributed by atoms with Gasteiger partial charge in [0, 0.05) is 6.20 Å². The van der Waals surface area contributed by atoms with Crippen LogP contribution in [0.3, 0.4) is 0 Å². The summed E-state index contributed by atoms with van der Waals surface area (Å²) in [5.41, 5.74) is 0.257. The molecule has 0 aliphatic heterocycles. The molecule has 1 aromatic heterocycles. The lowest BCUT2D eigenvalue weighted by Crippen LogP contribution is -2.31. The van der Waals surface area contributed by atoms with Crippen molar-refractivity contribution in [3.63, 3.8) is 0 Å². The van der Waals surface area contributed by atoms with E-state index in [0.29, 0.717) is 11.4 Å². The number of pyridine rings is 1. The van der Waals surface area contributed by atoms with Crippen molar-refractivity contribution in [1.82, 2.24) is 10.3 Å². The van der Waals surface area contributed by atoms with Gasteiger partial charge in [-0.2, -0.15) is 0 Å². The van der Waals surface area contributed by atoms with Crippen LogP contribution in [-0.2, 0) is 4.79 Å². The molecule has 0 spiro atoms. The molecule has 2 aromatic carbocycles. The normalized spacial score (nSPS) is 11.0. The van der Waals surface area contributed by atoms with E-state index in [-0.39, 0.29) is 17.0 Å². The third-order valence-electron chi connectivity index (χ3n) is 3.72. The summed E-state index contributed by atoms with van der Waals surface area (Å²) < 4.78 is 13.9. The van der Waals surface area contributed by atoms with Gasteiger partial charge >= 0.3 is 0 Å². The van der Waals surface area contributed by atoms with Crippen molar-refractivity contribution in [1.29, 1.82) is 0 Å². The zero-order chi connectivity index (χ0) is 19.9. The smallest absolute Gasteiger partial charge is 0.273 e. The van der Waals surface area contributed by atoms with Crippen LogP contribution in [0, 0.1) is 5.82 Å². The molecule has 7 heteroatoms. The van der Waals surface area contributed by atoms with Crippen molar-refractivity contribution in [2.24, 2.45) is 0 Å². The quantitative estimate of drug-likeness (QED) is 0.595. The monoisotopic (exact) mass is 377 g/mol. The van der Waals surface area contributed by atoms with E-state index in [1.165, 1.54) is 42.6 Å². The fourth-order valence-corrected chi connectivity index (χ4v) is 2.35. The molecular weight excluding hydrogens is 361 g/mol. The van der Waals surface area contributed by atoms with Crippen molar-refractivity contribution in [3.8, 4) is 5.75 Å². The van der Waals surface area contributed by atoms with Crippen LogP contribution in [0.25, 0.3) is 6.08 Å². The standard InChI is InChI=1S/C21H16FN3O3/c22-17-6-2-1-5-16(17)20(27)24-18(13-14-8-10-15(26)11-9-14)21(28)25-19-7-3-4-12-23-19/h1-13,26H,(H,24,27)(H,23,25,28)/b18-13-. The zero-order valence-electron chi connectivity index (χ0n) is 14.6. The van der Waals surface area contributed by atoms with Gasteiger partial charge in [-0.1, -0.05) is 30.3 Å². The van der Waals surface area contributed by atoms with Gasteiger partial charge in [0.05, 0.1) is 5.56 Å². The van der Waals surface area contributed by atoms with E-state index in [2.05, 4.69) is 15.6 Å². The average molecular weight is 377 g/mol. The Kier molecular flexibility index (Phi) is 5.76. The molecule has 3 rings (SSSR count). The average Bonchev–Trinajstić information content (AvgIpc) is 2.70. The van der Waals surface area contributed by atoms with Crippen molar-refractivity contribution in [2.45, 2.75) is 0 Å². The third kappa shape index (κ3) is 4.79. The summed E-state index contributed by atoms with van der Waals surface area (Å²) in [5.74, 6) is -1.74. The van der Waals surface area contributed by atoms with Crippen LogP contribution in [-0.4, -0.2) is 21.9 Å². The Balaban J connectivity index is 1.89. The van der Waals surface area contributed by atoms with Gasteiger partial charge < -0.3 is 15.7 Å². The van der Waals surface area contributed by atoms with E-state index < -0.39 is 17.6 Å². The second-order valence-corrected chi connectivity index (χ2v) is 5.75. The lowest BCUT2D eigenvalue weighted by molar-refractivity contribution is -0.113. The van der Waals surface area contributed by atoms with E-state index in [1.54, 1.807) is 30.3 Å². The molecule has 0 saturated heterocycles. The maximum absolute atomic E-state index is 13.9. The van der Waals surface area contributed by atoms with Gasteiger partial charge in [0.15, 0.2) is 0 Å². The number of nitrogens with zero attached hydrogens (tertiary/aromatic N) is 1. The second-order valence-electron chi connectivity index (χ2n) is 5.75. The molecular formula is C21H16FN3O3. The van der Waals surface area contributed by atoms with Gasteiger partial charge in [0.25, 0.3) is 11.8 Å². The number of carbonyl (C=O) groups is 2. The Labute approximate surface area is 160 Å². The van der Waals surface area contributed by atoms with Crippen LogP contribution >= 0.6 is 0 Å². The summed E-state index contributed by atoms with van der Waals surface area (Å²) in [7, 11) is 0. The first-order valence-corrected chi connectivity index (χ1v) is 8.32. The fraction of sp³-hybridized carbons (Fsp3) is 0.